The number of benzene rings is 2. The van der Waals surface area contributed by atoms with Gasteiger partial charge >= 0.3 is 0 Å². The Kier molecular flexibility index (Phi) is 7.42. The molecule has 32 heavy (non-hydrogen) atoms. The summed E-state index contributed by atoms with van der Waals surface area (Å²) in [6.07, 6.45) is 0.552. The Morgan fingerprint density at radius 2 is 1.91 bits per heavy atom. The first kappa shape index (κ1) is 23.6. The van der Waals surface area contributed by atoms with Crippen LogP contribution in [0.15, 0.2) is 58.6 Å². The van der Waals surface area contributed by atoms with E-state index >= 15 is 0 Å². The Labute approximate surface area is 193 Å². The lowest BCUT2D eigenvalue weighted by Crippen LogP contribution is -2.31. The number of aliphatic hydroxyl groups excluding tert-OH is 1. The molecule has 0 radical (unpaired) electrons. The third-order valence-electron chi connectivity index (χ3n) is 5.05. The summed E-state index contributed by atoms with van der Waals surface area (Å²) in [6, 6.07) is 11.6. The first-order chi connectivity index (χ1) is 15.2. The zero-order valence-corrected chi connectivity index (χ0v) is 19.2. The molecule has 3 rings (SSSR count). The minimum absolute atomic E-state index is 0.0431. The van der Waals surface area contributed by atoms with E-state index < -0.39 is 28.4 Å². The maximum absolute atomic E-state index is 13.0. The van der Waals surface area contributed by atoms with Crippen molar-refractivity contribution in [2.45, 2.75) is 32.4 Å². The maximum atomic E-state index is 13.0. The number of carbonyl (C=O) groups is 2. The summed E-state index contributed by atoms with van der Waals surface area (Å²) < 4.78 is 6.37. The Morgan fingerprint density at radius 1 is 1.22 bits per heavy atom. The van der Waals surface area contributed by atoms with Crippen LogP contribution in [0.5, 0.6) is 0 Å². The van der Waals surface area contributed by atoms with E-state index in [1.54, 1.807) is 24.3 Å². The number of nitro groups is 1. The lowest BCUT2D eigenvalue weighted by molar-refractivity contribution is -0.384. The predicted octanol–water partition coefficient (Wildman–Crippen LogP) is 4.59. The second-order valence-corrected chi connectivity index (χ2v) is 8.54. The summed E-state index contributed by atoms with van der Waals surface area (Å²) in [5.74, 6) is -2.00. The molecule has 2 aromatic carbocycles. The topological polar surface area (TPSA) is 110 Å². The van der Waals surface area contributed by atoms with Crippen molar-refractivity contribution in [3.05, 3.63) is 79.8 Å². The number of hydrogen-bond acceptors (Lipinski definition) is 6. The number of carbonyl (C=O) groups excluding carboxylic acids is 2. The molecule has 1 atom stereocenters. The van der Waals surface area contributed by atoms with Gasteiger partial charge in [0.25, 0.3) is 17.4 Å². The van der Waals surface area contributed by atoms with Crippen LogP contribution in [0, 0.1) is 10.1 Å². The molecule has 2 aromatic rings. The fraction of sp³-hybridized carbons (Fsp3) is 0.304. The minimum atomic E-state index is -0.827. The van der Waals surface area contributed by atoms with Crippen LogP contribution in [-0.4, -0.2) is 45.9 Å². The number of non-ortho nitro benzene ring substituents is 1. The van der Waals surface area contributed by atoms with Gasteiger partial charge in [0.1, 0.15) is 5.76 Å². The van der Waals surface area contributed by atoms with Crippen molar-refractivity contribution < 1.29 is 24.4 Å². The lowest BCUT2D eigenvalue weighted by atomic mass is 9.95. The van der Waals surface area contributed by atoms with Crippen molar-refractivity contribution in [1.29, 1.82) is 0 Å². The summed E-state index contributed by atoms with van der Waals surface area (Å²) in [6.45, 7) is 4.49. The van der Waals surface area contributed by atoms with E-state index in [-0.39, 0.29) is 29.5 Å². The van der Waals surface area contributed by atoms with Crippen molar-refractivity contribution in [2.24, 2.45) is 0 Å². The highest BCUT2D eigenvalue weighted by Gasteiger charge is 2.45. The number of amides is 1. The molecule has 1 fully saturated rings. The van der Waals surface area contributed by atoms with Crippen LogP contribution < -0.4 is 0 Å². The fourth-order valence-electron chi connectivity index (χ4n) is 3.58. The Morgan fingerprint density at radius 3 is 2.53 bits per heavy atom. The van der Waals surface area contributed by atoms with Crippen LogP contribution in [0.25, 0.3) is 5.76 Å². The second kappa shape index (κ2) is 10.1. The quantitative estimate of drug-likeness (QED) is 0.141. The van der Waals surface area contributed by atoms with E-state index in [0.717, 1.165) is 4.47 Å². The average Bonchev–Trinajstić information content (AvgIpc) is 3.01. The molecule has 1 aliphatic rings. The summed E-state index contributed by atoms with van der Waals surface area (Å²) in [4.78, 5) is 37.8. The largest absolute Gasteiger partial charge is 0.507 e. The van der Waals surface area contributed by atoms with Gasteiger partial charge in [-0.1, -0.05) is 40.2 Å². The lowest BCUT2D eigenvalue weighted by Gasteiger charge is -2.25. The third kappa shape index (κ3) is 5.05. The minimum Gasteiger partial charge on any atom is -0.507 e. The van der Waals surface area contributed by atoms with E-state index in [1.165, 1.54) is 29.2 Å². The van der Waals surface area contributed by atoms with Crippen molar-refractivity contribution >= 4 is 39.1 Å². The normalized spacial score (nSPS) is 17.9. The molecule has 1 heterocycles. The molecule has 0 aliphatic carbocycles. The Hall–Kier alpha value is -3.04. The summed E-state index contributed by atoms with van der Waals surface area (Å²) in [5, 5.41) is 22.1. The van der Waals surface area contributed by atoms with E-state index in [2.05, 4.69) is 15.9 Å². The number of ketones is 1. The molecule has 9 heteroatoms. The first-order valence-electron chi connectivity index (χ1n) is 10.1. The predicted molar refractivity (Wildman–Crippen MR) is 122 cm³/mol. The molecular weight excluding hydrogens is 480 g/mol. The molecule has 1 amide bonds. The number of likely N-dealkylation sites (tertiary alicyclic amines) is 1. The van der Waals surface area contributed by atoms with Crippen molar-refractivity contribution in [3.63, 3.8) is 0 Å². The summed E-state index contributed by atoms with van der Waals surface area (Å²) in [5.41, 5.74) is 0.420. The van der Waals surface area contributed by atoms with Gasteiger partial charge in [0.05, 0.1) is 22.6 Å². The number of halogens is 1. The monoisotopic (exact) mass is 502 g/mol. The maximum Gasteiger partial charge on any atom is 0.295 e. The summed E-state index contributed by atoms with van der Waals surface area (Å²) in [7, 11) is 0. The van der Waals surface area contributed by atoms with Gasteiger partial charge in [-0.2, -0.15) is 0 Å². The van der Waals surface area contributed by atoms with Crippen LogP contribution in [0.2, 0.25) is 0 Å². The molecule has 0 saturated carbocycles. The summed E-state index contributed by atoms with van der Waals surface area (Å²) >= 11 is 3.37. The van der Waals surface area contributed by atoms with Gasteiger partial charge in [0, 0.05) is 35.3 Å². The molecule has 1 N–H and O–H groups in total. The standard InChI is InChI=1S/C23H23BrN2O6/c1-14(2)32-12-4-11-25-20(15-7-9-17(24)10-8-15)19(22(28)23(25)29)21(27)16-5-3-6-18(13-16)26(30)31/h3,5-10,13-14,20,27H,4,11-12H2,1-2H3/t20-/m0/s1. The van der Waals surface area contributed by atoms with E-state index in [1.807, 2.05) is 13.8 Å². The number of nitro benzene ring substituents is 1. The van der Waals surface area contributed by atoms with E-state index in [0.29, 0.717) is 18.6 Å². The molecule has 0 bridgehead atoms. The molecular formula is C23H23BrN2O6. The molecule has 8 nitrogen and oxygen atoms in total. The van der Waals surface area contributed by atoms with Crippen molar-refractivity contribution in [2.75, 3.05) is 13.2 Å². The Bertz CT molecular complexity index is 1060. The van der Waals surface area contributed by atoms with Crippen LogP contribution in [0.1, 0.15) is 37.4 Å². The number of rotatable bonds is 8. The average molecular weight is 503 g/mol. The number of aliphatic hydroxyl groups is 1. The molecule has 0 spiro atoms. The van der Waals surface area contributed by atoms with Crippen molar-refractivity contribution in [3.8, 4) is 0 Å². The molecule has 0 unspecified atom stereocenters. The number of nitrogens with zero attached hydrogens (tertiary/aromatic N) is 2. The molecule has 0 aromatic heterocycles. The van der Waals surface area contributed by atoms with Gasteiger partial charge in [-0.25, -0.2) is 0 Å². The van der Waals surface area contributed by atoms with E-state index in [9.17, 15) is 24.8 Å². The van der Waals surface area contributed by atoms with Gasteiger partial charge in [0.2, 0.25) is 0 Å². The first-order valence-corrected chi connectivity index (χ1v) is 10.9. The zero-order chi connectivity index (χ0) is 23.4. The van der Waals surface area contributed by atoms with Gasteiger partial charge < -0.3 is 14.7 Å². The van der Waals surface area contributed by atoms with Gasteiger partial charge in [-0.3, -0.25) is 19.7 Å². The number of hydrogen-bond donors (Lipinski definition) is 1. The second-order valence-electron chi connectivity index (χ2n) is 7.62. The van der Waals surface area contributed by atoms with Crippen LogP contribution in [-0.2, 0) is 14.3 Å². The van der Waals surface area contributed by atoms with Gasteiger partial charge in [0.15, 0.2) is 0 Å². The highest BCUT2D eigenvalue weighted by atomic mass is 79.9. The van der Waals surface area contributed by atoms with Crippen LogP contribution in [0.3, 0.4) is 0 Å². The van der Waals surface area contributed by atoms with E-state index in [4.69, 9.17) is 4.74 Å². The Balaban J connectivity index is 2.06. The molecule has 1 aliphatic heterocycles. The van der Waals surface area contributed by atoms with Crippen LogP contribution >= 0.6 is 15.9 Å². The zero-order valence-electron chi connectivity index (χ0n) is 17.7. The smallest absolute Gasteiger partial charge is 0.295 e. The highest BCUT2D eigenvalue weighted by Crippen LogP contribution is 2.40. The van der Waals surface area contributed by atoms with Gasteiger partial charge in [-0.05, 0) is 38.0 Å². The SMILES string of the molecule is CC(C)OCCCN1C(=O)C(=O)C(=C(O)c2cccc([N+](=O)[O-])c2)[C@@H]1c1ccc(Br)cc1. The van der Waals surface area contributed by atoms with Crippen molar-refractivity contribution in [1.82, 2.24) is 4.90 Å². The molecule has 1 saturated heterocycles. The third-order valence-corrected chi connectivity index (χ3v) is 5.58. The number of ether oxygens (including phenoxy) is 1. The van der Waals surface area contributed by atoms with Gasteiger partial charge in [-0.15, -0.1) is 0 Å². The molecule has 168 valence electrons. The fourth-order valence-corrected chi connectivity index (χ4v) is 3.84. The van der Waals surface area contributed by atoms with Crippen LogP contribution in [0.4, 0.5) is 5.69 Å². The highest BCUT2D eigenvalue weighted by molar-refractivity contribution is 9.10. The number of Topliss-reactive ketones (excluding diaryl/α,β-unsaturated/α-hetero) is 1.